The number of alkyl halides is 2. The molecule has 5 heteroatoms. The molecule has 14 heavy (non-hydrogen) atoms. The van der Waals surface area contributed by atoms with Gasteiger partial charge in [0.15, 0.2) is 0 Å². The van der Waals surface area contributed by atoms with Crippen LogP contribution in [0, 0.1) is 5.41 Å². The van der Waals surface area contributed by atoms with Gasteiger partial charge >= 0.3 is 0 Å². The van der Waals surface area contributed by atoms with E-state index in [0.29, 0.717) is 13.2 Å². The van der Waals surface area contributed by atoms with Crippen LogP contribution in [0.5, 0.6) is 0 Å². The molecule has 1 saturated carbocycles. The van der Waals surface area contributed by atoms with Gasteiger partial charge in [0.25, 0.3) is 0 Å². The van der Waals surface area contributed by atoms with Crippen LogP contribution in [0.1, 0.15) is 13.3 Å². The average molecular weight is 327 g/mol. The number of carbonyl (C=O) groups excluding carboxylic acids is 1. The Hall–Kier alpha value is 0.390. The van der Waals surface area contributed by atoms with Crippen molar-refractivity contribution < 1.29 is 9.53 Å². The molecule has 1 atom stereocenters. The first kappa shape index (κ1) is 10.9. The lowest BCUT2D eigenvalue weighted by Crippen LogP contribution is -2.44. The van der Waals surface area contributed by atoms with Crippen LogP contribution in [0.15, 0.2) is 0 Å². The molecule has 0 N–H and O–H groups in total. The Morgan fingerprint density at radius 1 is 1.36 bits per heavy atom. The maximum atomic E-state index is 12.1. The van der Waals surface area contributed by atoms with Crippen molar-refractivity contribution in [3.8, 4) is 0 Å². The van der Waals surface area contributed by atoms with Gasteiger partial charge in [0.1, 0.15) is 0 Å². The minimum atomic E-state index is -0.273. The van der Waals surface area contributed by atoms with E-state index in [1.165, 1.54) is 0 Å². The van der Waals surface area contributed by atoms with Crippen molar-refractivity contribution in [1.29, 1.82) is 0 Å². The number of halogens is 2. The van der Waals surface area contributed by atoms with Gasteiger partial charge < -0.3 is 9.64 Å². The maximum absolute atomic E-state index is 12.1. The second-order valence-corrected chi connectivity index (χ2v) is 7.89. The van der Waals surface area contributed by atoms with Gasteiger partial charge in [-0.1, -0.05) is 31.9 Å². The monoisotopic (exact) mass is 325 g/mol. The summed E-state index contributed by atoms with van der Waals surface area (Å²) >= 11 is 7.03. The van der Waals surface area contributed by atoms with E-state index in [9.17, 15) is 4.79 Å². The van der Waals surface area contributed by atoms with Crippen LogP contribution in [0.2, 0.25) is 0 Å². The highest BCUT2D eigenvalue weighted by Crippen LogP contribution is 2.66. The lowest BCUT2D eigenvalue weighted by atomic mass is 10.1. The molecule has 0 spiro atoms. The van der Waals surface area contributed by atoms with E-state index in [1.54, 1.807) is 0 Å². The molecule has 1 heterocycles. The Balaban J connectivity index is 2.02. The molecule has 1 amide bonds. The lowest BCUT2D eigenvalue weighted by molar-refractivity contribution is -0.140. The second-order valence-electron chi connectivity index (χ2n) is 4.12. The number of ether oxygens (including phenoxy) is 1. The number of rotatable bonds is 1. The quantitative estimate of drug-likeness (QED) is 0.687. The van der Waals surface area contributed by atoms with Crippen LogP contribution in [-0.2, 0) is 9.53 Å². The van der Waals surface area contributed by atoms with E-state index in [0.717, 1.165) is 19.5 Å². The fourth-order valence-corrected chi connectivity index (χ4v) is 3.21. The first-order chi connectivity index (χ1) is 6.47. The first-order valence-electron chi connectivity index (χ1n) is 4.72. The lowest BCUT2D eigenvalue weighted by Gasteiger charge is -2.30. The Morgan fingerprint density at radius 2 is 1.86 bits per heavy atom. The molecule has 80 valence electrons. The molecule has 0 aromatic heterocycles. The standard InChI is InChI=1S/C9H13Br2NO2/c1-8(6-9(8,10)11)7(13)12-2-4-14-5-3-12/h2-6H2,1H3/t8-/m1/s1. The van der Waals surface area contributed by atoms with Crippen molar-refractivity contribution in [2.45, 2.75) is 16.6 Å². The van der Waals surface area contributed by atoms with Crippen molar-refractivity contribution in [2.75, 3.05) is 26.3 Å². The summed E-state index contributed by atoms with van der Waals surface area (Å²) in [6.45, 7) is 4.78. The molecule has 2 rings (SSSR count). The predicted octanol–water partition coefficient (Wildman–Crippen LogP) is 1.74. The molecule has 2 aliphatic rings. The Labute approximate surface area is 100 Å². The van der Waals surface area contributed by atoms with Crippen LogP contribution in [0.4, 0.5) is 0 Å². The highest BCUT2D eigenvalue weighted by molar-refractivity contribution is 9.25. The van der Waals surface area contributed by atoms with Gasteiger partial charge in [0.2, 0.25) is 5.91 Å². The molecular weight excluding hydrogens is 314 g/mol. The van der Waals surface area contributed by atoms with Gasteiger partial charge in [-0.05, 0) is 13.3 Å². The maximum Gasteiger partial charge on any atom is 0.231 e. The highest BCUT2D eigenvalue weighted by atomic mass is 79.9. The third-order valence-electron chi connectivity index (χ3n) is 3.03. The molecule has 3 nitrogen and oxygen atoms in total. The van der Waals surface area contributed by atoms with E-state index in [2.05, 4.69) is 31.9 Å². The van der Waals surface area contributed by atoms with Crippen LogP contribution in [-0.4, -0.2) is 40.3 Å². The summed E-state index contributed by atoms with van der Waals surface area (Å²) in [6, 6.07) is 0. The van der Waals surface area contributed by atoms with Gasteiger partial charge in [-0.25, -0.2) is 0 Å². The van der Waals surface area contributed by atoms with Crippen LogP contribution < -0.4 is 0 Å². The normalized spacial score (nSPS) is 35.5. The molecule has 0 unspecified atom stereocenters. The first-order valence-corrected chi connectivity index (χ1v) is 6.31. The van der Waals surface area contributed by atoms with Crippen molar-refractivity contribution in [3.05, 3.63) is 0 Å². The fourth-order valence-electron chi connectivity index (χ4n) is 1.75. The third kappa shape index (κ3) is 1.63. The van der Waals surface area contributed by atoms with Gasteiger partial charge in [-0.15, -0.1) is 0 Å². The van der Waals surface area contributed by atoms with Gasteiger partial charge in [-0.3, -0.25) is 4.79 Å². The Morgan fingerprint density at radius 3 is 2.29 bits per heavy atom. The van der Waals surface area contributed by atoms with Crippen LogP contribution >= 0.6 is 31.9 Å². The Kier molecular flexibility index (Phi) is 2.69. The number of amides is 1. The second kappa shape index (κ2) is 3.46. The average Bonchev–Trinajstić information content (AvgIpc) is 2.68. The number of hydrogen-bond acceptors (Lipinski definition) is 2. The molecule has 1 aliphatic heterocycles. The number of carbonyl (C=O) groups is 1. The predicted molar refractivity (Wildman–Crippen MR) is 60.7 cm³/mol. The van der Waals surface area contributed by atoms with Crippen molar-refractivity contribution in [2.24, 2.45) is 5.41 Å². The molecule has 1 aliphatic carbocycles. The molecule has 0 bridgehead atoms. The van der Waals surface area contributed by atoms with Crippen LogP contribution in [0.3, 0.4) is 0 Å². The summed E-state index contributed by atoms with van der Waals surface area (Å²) in [5, 5.41) is 0. The summed E-state index contributed by atoms with van der Waals surface area (Å²) in [4.78, 5) is 14.0. The molecule has 2 fully saturated rings. The SMILES string of the molecule is C[C@]1(C(=O)N2CCOCC2)CC1(Br)Br. The minimum Gasteiger partial charge on any atom is -0.378 e. The number of hydrogen-bond donors (Lipinski definition) is 0. The number of nitrogens with zero attached hydrogens (tertiary/aromatic N) is 1. The van der Waals surface area contributed by atoms with E-state index in [4.69, 9.17) is 4.74 Å². The zero-order valence-electron chi connectivity index (χ0n) is 8.06. The summed E-state index contributed by atoms with van der Waals surface area (Å²) < 4.78 is 5.04. The fraction of sp³-hybridized carbons (Fsp3) is 0.889. The summed E-state index contributed by atoms with van der Waals surface area (Å²) in [7, 11) is 0. The zero-order chi connectivity index (χ0) is 10.4. The molecular formula is C9H13Br2NO2. The molecule has 0 aromatic carbocycles. The van der Waals surface area contributed by atoms with E-state index >= 15 is 0 Å². The van der Waals surface area contributed by atoms with Crippen molar-refractivity contribution >= 4 is 37.8 Å². The minimum absolute atomic E-state index is 0.178. The van der Waals surface area contributed by atoms with E-state index in [1.807, 2.05) is 11.8 Å². The Bertz CT molecular complexity index is 264. The van der Waals surface area contributed by atoms with Gasteiger partial charge in [0, 0.05) is 13.1 Å². The smallest absolute Gasteiger partial charge is 0.231 e. The molecule has 1 saturated heterocycles. The van der Waals surface area contributed by atoms with E-state index in [-0.39, 0.29) is 14.6 Å². The zero-order valence-corrected chi connectivity index (χ0v) is 11.2. The number of morpholine rings is 1. The van der Waals surface area contributed by atoms with Crippen molar-refractivity contribution in [3.63, 3.8) is 0 Å². The van der Waals surface area contributed by atoms with Crippen molar-refractivity contribution in [1.82, 2.24) is 4.90 Å². The molecule has 0 aromatic rings. The largest absolute Gasteiger partial charge is 0.378 e. The topological polar surface area (TPSA) is 29.5 Å². The summed E-state index contributed by atoms with van der Waals surface area (Å²) in [6.07, 6.45) is 0.857. The summed E-state index contributed by atoms with van der Waals surface area (Å²) in [5.41, 5.74) is -0.273. The summed E-state index contributed by atoms with van der Waals surface area (Å²) in [5.74, 6) is 0.231. The van der Waals surface area contributed by atoms with Gasteiger partial charge in [-0.2, -0.15) is 0 Å². The third-order valence-corrected chi connectivity index (χ3v) is 5.34. The van der Waals surface area contributed by atoms with Crippen LogP contribution in [0.25, 0.3) is 0 Å². The molecule has 0 radical (unpaired) electrons. The van der Waals surface area contributed by atoms with Gasteiger partial charge in [0.05, 0.1) is 21.9 Å². The highest BCUT2D eigenvalue weighted by Gasteiger charge is 2.67. The van der Waals surface area contributed by atoms with E-state index < -0.39 is 0 Å².